The van der Waals surface area contributed by atoms with E-state index in [0.29, 0.717) is 0 Å². The summed E-state index contributed by atoms with van der Waals surface area (Å²) in [6.45, 7) is 10.5. The normalized spacial score (nSPS) is 18.2. The maximum absolute atomic E-state index is 13.4. The number of amides is 1. The smallest absolute Gasteiger partial charge is 0.255 e. The fraction of sp³-hybridized carbons (Fsp3) is 0.348. The minimum absolute atomic E-state index is 0.146. The Morgan fingerprint density at radius 3 is 1.84 bits per heavy atom. The van der Waals surface area contributed by atoms with Gasteiger partial charge in [0.05, 0.1) is 5.57 Å². The number of rotatable bonds is 3. The fourth-order valence-corrected chi connectivity index (χ4v) is 3.73. The highest BCUT2D eigenvalue weighted by molar-refractivity contribution is 6.28. The molecule has 130 valence electrons. The molecule has 2 aromatic rings. The molecule has 0 aliphatic carbocycles. The van der Waals surface area contributed by atoms with Gasteiger partial charge >= 0.3 is 0 Å². The van der Waals surface area contributed by atoms with Gasteiger partial charge < -0.3 is 4.90 Å². The van der Waals surface area contributed by atoms with Crippen LogP contribution in [-0.4, -0.2) is 22.9 Å². The van der Waals surface area contributed by atoms with Crippen molar-refractivity contribution in [3.63, 3.8) is 0 Å². The Kier molecular flexibility index (Phi) is 4.80. The van der Waals surface area contributed by atoms with Crippen molar-refractivity contribution in [3.05, 3.63) is 70.8 Å². The van der Waals surface area contributed by atoms with Crippen molar-refractivity contribution < 1.29 is 4.79 Å². The topological polar surface area (TPSA) is 20.3 Å². The van der Waals surface area contributed by atoms with Crippen LogP contribution in [0.3, 0.4) is 0 Å². The standard InChI is InChI=1S/C23H27NO/c1-15(2)24-18(5)14-21(19-10-6-16(3)7-11-19)22(23(24)25)20-12-8-17(4)9-13-20/h6-13,15,18H,14H2,1-5H3/t18-/m1/s1. The summed E-state index contributed by atoms with van der Waals surface area (Å²) in [6, 6.07) is 17.3. The SMILES string of the molecule is Cc1ccc(C2=C(c3ccc(C)cc3)C(=O)N(C(C)C)[C@H](C)C2)cc1. The molecule has 0 fully saturated rings. The summed E-state index contributed by atoms with van der Waals surface area (Å²) in [5, 5.41) is 0. The molecule has 3 rings (SSSR count). The summed E-state index contributed by atoms with van der Waals surface area (Å²) in [7, 11) is 0. The predicted octanol–water partition coefficient (Wildman–Crippen LogP) is 5.24. The number of carbonyl (C=O) groups is 1. The number of nitrogens with zero attached hydrogens (tertiary/aromatic N) is 1. The van der Waals surface area contributed by atoms with Gasteiger partial charge in [-0.3, -0.25) is 4.79 Å². The van der Waals surface area contributed by atoms with Crippen molar-refractivity contribution in [1.82, 2.24) is 4.90 Å². The van der Waals surface area contributed by atoms with E-state index in [1.54, 1.807) is 0 Å². The molecule has 2 nitrogen and oxygen atoms in total. The van der Waals surface area contributed by atoms with Crippen LogP contribution >= 0.6 is 0 Å². The van der Waals surface area contributed by atoms with Crippen LogP contribution in [-0.2, 0) is 4.79 Å². The molecular weight excluding hydrogens is 306 g/mol. The second-order valence-electron chi connectivity index (χ2n) is 7.44. The van der Waals surface area contributed by atoms with E-state index in [1.807, 2.05) is 4.90 Å². The van der Waals surface area contributed by atoms with Crippen LogP contribution < -0.4 is 0 Å². The Morgan fingerprint density at radius 2 is 1.36 bits per heavy atom. The lowest BCUT2D eigenvalue weighted by Crippen LogP contribution is -2.46. The molecule has 1 aliphatic heterocycles. The molecule has 1 atom stereocenters. The van der Waals surface area contributed by atoms with E-state index in [2.05, 4.69) is 83.1 Å². The Bertz CT molecular complexity index is 797. The molecule has 0 unspecified atom stereocenters. The number of hydrogen-bond acceptors (Lipinski definition) is 1. The van der Waals surface area contributed by atoms with Crippen LogP contribution in [0.2, 0.25) is 0 Å². The highest BCUT2D eigenvalue weighted by atomic mass is 16.2. The molecule has 0 bridgehead atoms. The number of aryl methyl sites for hydroxylation is 2. The summed E-state index contributed by atoms with van der Waals surface area (Å²) in [5.41, 5.74) is 6.64. The molecule has 0 N–H and O–H groups in total. The summed E-state index contributed by atoms with van der Waals surface area (Å²) in [5.74, 6) is 0.146. The third-order valence-corrected chi connectivity index (χ3v) is 5.02. The zero-order valence-electron chi connectivity index (χ0n) is 15.8. The van der Waals surface area contributed by atoms with E-state index in [1.165, 1.54) is 16.7 Å². The molecule has 0 saturated carbocycles. The molecule has 2 heteroatoms. The van der Waals surface area contributed by atoms with Gasteiger partial charge in [0.1, 0.15) is 0 Å². The molecule has 1 heterocycles. The minimum Gasteiger partial charge on any atom is -0.333 e. The second kappa shape index (κ2) is 6.87. The Hall–Kier alpha value is -2.35. The van der Waals surface area contributed by atoms with E-state index in [-0.39, 0.29) is 18.0 Å². The van der Waals surface area contributed by atoms with Crippen LogP contribution in [0, 0.1) is 13.8 Å². The van der Waals surface area contributed by atoms with E-state index >= 15 is 0 Å². The Morgan fingerprint density at radius 1 is 0.880 bits per heavy atom. The number of benzene rings is 2. The van der Waals surface area contributed by atoms with E-state index < -0.39 is 0 Å². The molecule has 0 saturated heterocycles. The zero-order chi connectivity index (χ0) is 18.1. The van der Waals surface area contributed by atoms with Gasteiger partial charge in [-0.15, -0.1) is 0 Å². The third-order valence-electron chi connectivity index (χ3n) is 5.02. The van der Waals surface area contributed by atoms with E-state index in [4.69, 9.17) is 0 Å². The highest BCUT2D eigenvalue weighted by Gasteiger charge is 2.34. The van der Waals surface area contributed by atoms with Gasteiger partial charge in [-0.1, -0.05) is 59.7 Å². The lowest BCUT2D eigenvalue weighted by atomic mass is 9.85. The average molecular weight is 333 g/mol. The molecule has 1 aliphatic rings. The van der Waals surface area contributed by atoms with Crippen molar-refractivity contribution in [1.29, 1.82) is 0 Å². The largest absolute Gasteiger partial charge is 0.333 e. The highest BCUT2D eigenvalue weighted by Crippen LogP contribution is 2.38. The first-order chi connectivity index (χ1) is 11.9. The van der Waals surface area contributed by atoms with Crippen LogP contribution in [0.25, 0.3) is 11.1 Å². The molecular formula is C23H27NO. The zero-order valence-corrected chi connectivity index (χ0v) is 15.8. The maximum Gasteiger partial charge on any atom is 0.255 e. The number of carbonyl (C=O) groups excluding carboxylic acids is 1. The summed E-state index contributed by atoms with van der Waals surface area (Å²) in [4.78, 5) is 15.4. The van der Waals surface area contributed by atoms with Crippen molar-refractivity contribution in [2.75, 3.05) is 0 Å². The van der Waals surface area contributed by atoms with Gasteiger partial charge in [-0.25, -0.2) is 0 Å². The average Bonchev–Trinajstić information content (AvgIpc) is 2.56. The van der Waals surface area contributed by atoms with Crippen molar-refractivity contribution >= 4 is 17.1 Å². The molecule has 0 spiro atoms. The Labute approximate surface area is 151 Å². The first kappa shape index (κ1) is 17.5. The van der Waals surface area contributed by atoms with Crippen molar-refractivity contribution in [2.45, 2.75) is 53.1 Å². The van der Waals surface area contributed by atoms with Crippen molar-refractivity contribution in [3.8, 4) is 0 Å². The van der Waals surface area contributed by atoms with Crippen LogP contribution in [0.15, 0.2) is 48.5 Å². The fourth-order valence-electron chi connectivity index (χ4n) is 3.73. The maximum atomic E-state index is 13.4. The van der Waals surface area contributed by atoms with Gasteiger partial charge in [0, 0.05) is 12.1 Å². The van der Waals surface area contributed by atoms with Gasteiger partial charge in [-0.05, 0) is 57.7 Å². The first-order valence-corrected chi connectivity index (χ1v) is 9.08. The van der Waals surface area contributed by atoms with Crippen LogP contribution in [0.4, 0.5) is 0 Å². The van der Waals surface area contributed by atoms with Crippen molar-refractivity contribution in [2.24, 2.45) is 0 Å². The summed E-state index contributed by atoms with van der Waals surface area (Å²) >= 11 is 0. The van der Waals surface area contributed by atoms with Crippen LogP contribution in [0.1, 0.15) is 49.4 Å². The quantitative estimate of drug-likeness (QED) is 0.752. The minimum atomic E-state index is 0.146. The lowest BCUT2D eigenvalue weighted by Gasteiger charge is -2.39. The van der Waals surface area contributed by atoms with Crippen LogP contribution in [0.5, 0.6) is 0 Å². The van der Waals surface area contributed by atoms with Gasteiger partial charge in [0.25, 0.3) is 5.91 Å². The van der Waals surface area contributed by atoms with E-state index in [9.17, 15) is 4.79 Å². The second-order valence-corrected chi connectivity index (χ2v) is 7.44. The van der Waals surface area contributed by atoms with E-state index in [0.717, 1.165) is 23.1 Å². The molecule has 1 amide bonds. The summed E-state index contributed by atoms with van der Waals surface area (Å²) in [6.07, 6.45) is 0.885. The lowest BCUT2D eigenvalue weighted by molar-refractivity contribution is -0.129. The third kappa shape index (κ3) is 3.39. The van der Waals surface area contributed by atoms with Gasteiger partial charge in [-0.2, -0.15) is 0 Å². The van der Waals surface area contributed by atoms with Gasteiger partial charge in [0.2, 0.25) is 0 Å². The molecule has 0 aromatic heterocycles. The predicted molar refractivity (Wildman–Crippen MR) is 105 cm³/mol. The monoisotopic (exact) mass is 333 g/mol. The molecule has 25 heavy (non-hydrogen) atoms. The van der Waals surface area contributed by atoms with Gasteiger partial charge in [0.15, 0.2) is 0 Å². The summed E-state index contributed by atoms with van der Waals surface area (Å²) < 4.78 is 0. The first-order valence-electron chi connectivity index (χ1n) is 9.08. The molecule has 2 aromatic carbocycles. The molecule has 0 radical (unpaired) electrons. The Balaban J connectivity index is 2.20. The number of hydrogen-bond donors (Lipinski definition) is 0.